The van der Waals surface area contributed by atoms with Crippen LogP contribution in [0.25, 0.3) is 0 Å². The van der Waals surface area contributed by atoms with E-state index in [-0.39, 0.29) is 6.10 Å². The Labute approximate surface area is 173 Å². The van der Waals surface area contributed by atoms with Gasteiger partial charge in [0.15, 0.2) is 0 Å². The van der Waals surface area contributed by atoms with E-state index in [1.165, 1.54) is 38.5 Å². The van der Waals surface area contributed by atoms with E-state index in [0.29, 0.717) is 16.7 Å². The standard InChI is InChI=1S/C26H43NO/c1-18(7-6-16-27(4)5)22-10-11-23-21-9-8-19-17-20(28)12-14-25(19,2)24(21)13-15-26(22,23)3/h6-8,18,20-24,28H,9-17H2,1-5H3/b7-6+/t18-,20?,21+,22-,23+,24+,25+,26-/m1/s1. The molecular weight excluding hydrogens is 342 g/mol. The minimum absolute atomic E-state index is 0.0876. The van der Waals surface area contributed by atoms with E-state index >= 15 is 0 Å². The van der Waals surface area contributed by atoms with E-state index in [1.807, 2.05) is 0 Å². The summed E-state index contributed by atoms with van der Waals surface area (Å²) in [5.74, 6) is 4.19. The maximum Gasteiger partial charge on any atom is 0.0577 e. The van der Waals surface area contributed by atoms with Crippen LogP contribution in [0.15, 0.2) is 23.8 Å². The van der Waals surface area contributed by atoms with E-state index in [9.17, 15) is 5.11 Å². The highest BCUT2D eigenvalue weighted by Crippen LogP contribution is 2.67. The molecule has 2 nitrogen and oxygen atoms in total. The first-order chi connectivity index (χ1) is 13.3. The van der Waals surface area contributed by atoms with E-state index in [4.69, 9.17) is 0 Å². The van der Waals surface area contributed by atoms with Gasteiger partial charge >= 0.3 is 0 Å². The first-order valence-corrected chi connectivity index (χ1v) is 11.9. The van der Waals surface area contributed by atoms with Crippen LogP contribution < -0.4 is 0 Å². The zero-order valence-corrected chi connectivity index (χ0v) is 19.0. The van der Waals surface area contributed by atoms with Gasteiger partial charge in [-0.15, -0.1) is 0 Å². The second kappa shape index (κ2) is 7.58. The summed E-state index contributed by atoms with van der Waals surface area (Å²) in [5, 5.41) is 10.2. The highest BCUT2D eigenvalue weighted by molar-refractivity contribution is 5.25. The normalized spacial score (nSPS) is 46.8. The molecule has 0 spiro atoms. The van der Waals surface area contributed by atoms with Crippen LogP contribution in [0.5, 0.6) is 0 Å². The maximum absolute atomic E-state index is 10.2. The Morgan fingerprint density at radius 1 is 1.14 bits per heavy atom. The molecule has 0 radical (unpaired) electrons. The van der Waals surface area contributed by atoms with Gasteiger partial charge in [-0.2, -0.15) is 0 Å². The summed E-state index contributed by atoms with van der Waals surface area (Å²) >= 11 is 0. The van der Waals surface area contributed by atoms with Crippen LogP contribution in [-0.4, -0.2) is 36.8 Å². The highest BCUT2D eigenvalue weighted by atomic mass is 16.3. The van der Waals surface area contributed by atoms with Crippen molar-refractivity contribution in [2.45, 2.75) is 78.2 Å². The molecule has 4 aliphatic carbocycles. The SMILES string of the molecule is C[C@H](/C=C/CN(C)C)[C@H]1CC[C@H]2[C@@H]3CC=C4CC(O)CC[C@]4(C)[C@H]3CC[C@]12C. The van der Waals surface area contributed by atoms with E-state index in [1.54, 1.807) is 5.57 Å². The van der Waals surface area contributed by atoms with Crippen molar-refractivity contribution in [1.29, 1.82) is 0 Å². The summed E-state index contributed by atoms with van der Waals surface area (Å²) < 4.78 is 0. The van der Waals surface area contributed by atoms with Crippen molar-refractivity contribution >= 4 is 0 Å². The Kier molecular flexibility index (Phi) is 5.59. The van der Waals surface area contributed by atoms with Crippen LogP contribution >= 0.6 is 0 Å². The molecule has 0 aliphatic heterocycles. The minimum Gasteiger partial charge on any atom is -0.393 e. The topological polar surface area (TPSA) is 23.5 Å². The molecule has 0 aromatic rings. The van der Waals surface area contributed by atoms with Crippen molar-refractivity contribution in [2.24, 2.45) is 40.4 Å². The Morgan fingerprint density at radius 2 is 1.93 bits per heavy atom. The van der Waals surface area contributed by atoms with Crippen molar-refractivity contribution in [3.8, 4) is 0 Å². The van der Waals surface area contributed by atoms with Crippen LogP contribution in [-0.2, 0) is 0 Å². The van der Waals surface area contributed by atoms with Gasteiger partial charge in [0.1, 0.15) is 0 Å². The zero-order valence-electron chi connectivity index (χ0n) is 19.0. The van der Waals surface area contributed by atoms with Gasteiger partial charge in [0.2, 0.25) is 0 Å². The summed E-state index contributed by atoms with van der Waals surface area (Å²) in [7, 11) is 4.30. The zero-order chi connectivity index (χ0) is 20.1. The molecule has 0 saturated heterocycles. The number of hydrogen-bond acceptors (Lipinski definition) is 2. The quantitative estimate of drug-likeness (QED) is 0.629. The van der Waals surface area contributed by atoms with Gasteiger partial charge in [0.25, 0.3) is 0 Å². The molecule has 1 unspecified atom stereocenters. The monoisotopic (exact) mass is 385 g/mol. The van der Waals surface area contributed by atoms with E-state index in [0.717, 1.165) is 43.1 Å². The predicted octanol–water partition coefficient (Wildman–Crippen LogP) is 5.68. The van der Waals surface area contributed by atoms with Gasteiger partial charge in [-0.25, -0.2) is 0 Å². The second-order valence-corrected chi connectivity index (χ2v) is 11.4. The summed E-state index contributed by atoms with van der Waals surface area (Å²) in [6.07, 6.45) is 17.5. The van der Waals surface area contributed by atoms with Gasteiger partial charge in [-0.3, -0.25) is 0 Å². The van der Waals surface area contributed by atoms with Crippen LogP contribution in [0.1, 0.15) is 72.1 Å². The predicted molar refractivity (Wildman–Crippen MR) is 118 cm³/mol. The summed E-state index contributed by atoms with van der Waals surface area (Å²) in [5.41, 5.74) is 2.50. The molecule has 0 amide bonds. The molecule has 0 aromatic carbocycles. The van der Waals surface area contributed by atoms with Crippen molar-refractivity contribution in [1.82, 2.24) is 4.90 Å². The van der Waals surface area contributed by atoms with Crippen molar-refractivity contribution < 1.29 is 5.11 Å². The molecule has 1 N–H and O–H groups in total. The molecule has 28 heavy (non-hydrogen) atoms. The first-order valence-electron chi connectivity index (χ1n) is 11.9. The lowest BCUT2D eigenvalue weighted by molar-refractivity contribution is -0.0540. The average molecular weight is 386 g/mol. The first kappa shape index (κ1) is 20.7. The number of nitrogens with zero attached hydrogens (tertiary/aromatic N) is 1. The third-order valence-electron chi connectivity index (χ3n) is 9.70. The summed E-state index contributed by atoms with van der Waals surface area (Å²) in [4.78, 5) is 2.25. The molecule has 4 aliphatic rings. The molecule has 158 valence electrons. The lowest BCUT2D eigenvalue weighted by Crippen LogP contribution is -2.50. The van der Waals surface area contributed by atoms with Crippen molar-refractivity contribution in [3.63, 3.8) is 0 Å². The van der Waals surface area contributed by atoms with E-state index < -0.39 is 0 Å². The molecule has 4 rings (SSSR count). The molecule has 8 atom stereocenters. The second-order valence-electron chi connectivity index (χ2n) is 11.4. The number of fused-ring (bicyclic) bond motifs is 5. The highest BCUT2D eigenvalue weighted by Gasteiger charge is 2.58. The fraction of sp³-hybridized carbons (Fsp3) is 0.846. The molecule has 0 aromatic heterocycles. The Hall–Kier alpha value is -0.600. The fourth-order valence-corrected chi connectivity index (χ4v) is 8.17. The lowest BCUT2D eigenvalue weighted by Gasteiger charge is -2.58. The number of aliphatic hydroxyl groups is 1. The maximum atomic E-state index is 10.2. The summed E-state index contributed by atoms with van der Waals surface area (Å²) in [6.45, 7) is 8.72. The van der Waals surface area contributed by atoms with Crippen LogP contribution in [0, 0.1) is 40.4 Å². The van der Waals surface area contributed by atoms with Crippen LogP contribution in [0.4, 0.5) is 0 Å². The number of rotatable bonds is 4. The van der Waals surface area contributed by atoms with Gasteiger partial charge in [-0.1, -0.05) is 44.6 Å². The van der Waals surface area contributed by atoms with Gasteiger partial charge < -0.3 is 10.0 Å². The van der Waals surface area contributed by atoms with Gasteiger partial charge in [0.05, 0.1) is 6.10 Å². The number of likely N-dealkylation sites (N-methyl/N-ethyl adjacent to an activating group) is 1. The largest absolute Gasteiger partial charge is 0.393 e. The molecule has 0 bridgehead atoms. The fourth-order valence-electron chi connectivity index (χ4n) is 8.17. The number of hydrogen-bond donors (Lipinski definition) is 1. The van der Waals surface area contributed by atoms with Gasteiger partial charge in [0, 0.05) is 6.54 Å². The van der Waals surface area contributed by atoms with Crippen LogP contribution in [0.3, 0.4) is 0 Å². The Balaban J connectivity index is 1.53. The number of aliphatic hydroxyl groups excluding tert-OH is 1. The minimum atomic E-state index is -0.0876. The molecular formula is C26H43NO. The third kappa shape index (κ3) is 3.33. The third-order valence-corrected chi connectivity index (χ3v) is 9.70. The van der Waals surface area contributed by atoms with Crippen LogP contribution in [0.2, 0.25) is 0 Å². The molecule has 2 heteroatoms. The smallest absolute Gasteiger partial charge is 0.0577 e. The lowest BCUT2D eigenvalue weighted by atomic mass is 9.47. The van der Waals surface area contributed by atoms with Crippen molar-refractivity contribution in [2.75, 3.05) is 20.6 Å². The molecule has 3 saturated carbocycles. The van der Waals surface area contributed by atoms with E-state index in [2.05, 4.69) is 58.0 Å². The van der Waals surface area contributed by atoms with Gasteiger partial charge in [-0.05, 0) is 106 Å². The Bertz CT molecular complexity index is 636. The summed E-state index contributed by atoms with van der Waals surface area (Å²) in [6, 6.07) is 0. The molecule has 3 fully saturated rings. The Morgan fingerprint density at radius 3 is 2.68 bits per heavy atom. The average Bonchev–Trinajstić information content (AvgIpc) is 2.99. The van der Waals surface area contributed by atoms with Crippen molar-refractivity contribution in [3.05, 3.63) is 23.8 Å². The molecule has 0 heterocycles. The number of allylic oxidation sites excluding steroid dienone is 2.